The van der Waals surface area contributed by atoms with E-state index < -0.39 is 0 Å². The van der Waals surface area contributed by atoms with E-state index in [9.17, 15) is 10.1 Å². The smallest absolute Gasteiger partial charge is 0.255 e. The molecule has 0 radical (unpaired) electrons. The lowest BCUT2D eigenvalue weighted by molar-refractivity contribution is 0.102. The molecule has 0 aromatic heterocycles. The molecule has 1 amide bonds. The van der Waals surface area contributed by atoms with Gasteiger partial charge in [0.1, 0.15) is 6.07 Å². The quantitative estimate of drug-likeness (QED) is 0.884. The number of benzene rings is 2. The first-order valence-electron chi connectivity index (χ1n) is 7.39. The zero-order chi connectivity index (χ0) is 16.7. The van der Waals surface area contributed by atoms with Crippen LogP contribution in [0.4, 0.5) is 5.69 Å². The first kappa shape index (κ1) is 16.4. The Morgan fingerprint density at radius 2 is 1.70 bits per heavy atom. The third kappa shape index (κ3) is 4.01. The average molecular weight is 310 g/mol. The number of ether oxygens (including phenoxy) is 2. The van der Waals surface area contributed by atoms with Gasteiger partial charge < -0.3 is 14.8 Å². The Morgan fingerprint density at radius 1 is 1.09 bits per heavy atom. The standard InChI is InChI=1S/C18H18N2O3/c1-3-22-16-10-14(12-19)15(11-17(16)23-4-2)20-18(21)13-8-6-5-7-9-13/h5-11H,3-4H2,1-2H3,(H,20,21). The predicted octanol–water partition coefficient (Wildman–Crippen LogP) is 3.61. The van der Waals surface area contributed by atoms with E-state index in [-0.39, 0.29) is 5.91 Å². The summed E-state index contributed by atoms with van der Waals surface area (Å²) in [7, 11) is 0. The van der Waals surface area contributed by atoms with E-state index in [0.29, 0.717) is 41.5 Å². The third-order valence-electron chi connectivity index (χ3n) is 3.09. The van der Waals surface area contributed by atoms with Gasteiger partial charge in [-0.3, -0.25) is 4.79 Å². The van der Waals surface area contributed by atoms with Crippen LogP contribution < -0.4 is 14.8 Å². The largest absolute Gasteiger partial charge is 0.490 e. The molecule has 0 aliphatic heterocycles. The second-order valence-corrected chi connectivity index (χ2v) is 4.64. The van der Waals surface area contributed by atoms with Crippen LogP contribution in [0.3, 0.4) is 0 Å². The van der Waals surface area contributed by atoms with Gasteiger partial charge >= 0.3 is 0 Å². The van der Waals surface area contributed by atoms with E-state index in [1.807, 2.05) is 19.9 Å². The summed E-state index contributed by atoms with van der Waals surface area (Å²) in [6.07, 6.45) is 0. The van der Waals surface area contributed by atoms with Crippen molar-refractivity contribution in [3.05, 3.63) is 53.6 Å². The van der Waals surface area contributed by atoms with Crippen LogP contribution in [0.25, 0.3) is 0 Å². The molecule has 5 nitrogen and oxygen atoms in total. The highest BCUT2D eigenvalue weighted by Crippen LogP contribution is 2.33. The molecule has 0 fully saturated rings. The summed E-state index contributed by atoms with van der Waals surface area (Å²) < 4.78 is 11.0. The monoisotopic (exact) mass is 310 g/mol. The van der Waals surface area contributed by atoms with Crippen molar-refractivity contribution in [2.75, 3.05) is 18.5 Å². The molecule has 0 heterocycles. The maximum atomic E-state index is 12.3. The summed E-state index contributed by atoms with van der Waals surface area (Å²) in [5.74, 6) is 0.703. The topological polar surface area (TPSA) is 71.3 Å². The van der Waals surface area contributed by atoms with E-state index in [2.05, 4.69) is 11.4 Å². The Labute approximate surface area is 135 Å². The molecule has 2 aromatic rings. The second-order valence-electron chi connectivity index (χ2n) is 4.64. The molecule has 2 rings (SSSR count). The number of nitriles is 1. The molecule has 0 bridgehead atoms. The molecule has 0 spiro atoms. The van der Waals surface area contributed by atoms with E-state index in [1.165, 1.54) is 0 Å². The summed E-state index contributed by atoms with van der Waals surface area (Å²) >= 11 is 0. The maximum absolute atomic E-state index is 12.3. The van der Waals surface area contributed by atoms with Gasteiger partial charge in [0, 0.05) is 17.7 Å². The summed E-state index contributed by atoms with van der Waals surface area (Å²) in [6, 6.07) is 14.1. The van der Waals surface area contributed by atoms with E-state index in [1.54, 1.807) is 36.4 Å². The van der Waals surface area contributed by atoms with Crippen LogP contribution in [0.15, 0.2) is 42.5 Å². The Morgan fingerprint density at radius 3 is 2.26 bits per heavy atom. The minimum atomic E-state index is -0.284. The molecular formula is C18H18N2O3. The number of hydrogen-bond acceptors (Lipinski definition) is 4. The van der Waals surface area contributed by atoms with Gasteiger partial charge in [0.2, 0.25) is 0 Å². The number of carbonyl (C=O) groups excluding carboxylic acids is 1. The lowest BCUT2D eigenvalue weighted by Crippen LogP contribution is -2.13. The predicted molar refractivity (Wildman–Crippen MR) is 87.9 cm³/mol. The minimum Gasteiger partial charge on any atom is -0.490 e. The zero-order valence-corrected chi connectivity index (χ0v) is 13.1. The van der Waals surface area contributed by atoms with Crippen LogP contribution >= 0.6 is 0 Å². The van der Waals surface area contributed by atoms with E-state index in [0.717, 1.165) is 0 Å². The van der Waals surface area contributed by atoms with Gasteiger partial charge in [-0.15, -0.1) is 0 Å². The van der Waals surface area contributed by atoms with Crippen molar-refractivity contribution in [2.24, 2.45) is 0 Å². The van der Waals surface area contributed by atoms with Crippen LogP contribution in [0, 0.1) is 11.3 Å². The Hall–Kier alpha value is -3.00. The Bertz CT molecular complexity index is 721. The molecule has 0 atom stereocenters. The van der Waals surface area contributed by atoms with Gasteiger partial charge in [-0.05, 0) is 26.0 Å². The lowest BCUT2D eigenvalue weighted by atomic mass is 10.1. The maximum Gasteiger partial charge on any atom is 0.255 e. The number of carbonyl (C=O) groups is 1. The van der Waals surface area contributed by atoms with Crippen molar-refractivity contribution >= 4 is 11.6 Å². The molecule has 0 aliphatic carbocycles. The van der Waals surface area contributed by atoms with Gasteiger partial charge in [0.05, 0.1) is 24.5 Å². The highest BCUT2D eigenvalue weighted by Gasteiger charge is 2.14. The summed E-state index contributed by atoms with van der Waals surface area (Å²) in [5, 5.41) is 12.1. The fraction of sp³-hybridized carbons (Fsp3) is 0.222. The fourth-order valence-corrected chi connectivity index (χ4v) is 2.08. The molecule has 2 aromatic carbocycles. The van der Waals surface area contributed by atoms with Gasteiger partial charge in [0.25, 0.3) is 5.91 Å². The molecule has 0 aliphatic rings. The molecule has 0 saturated carbocycles. The number of nitrogens with one attached hydrogen (secondary N) is 1. The van der Waals surface area contributed by atoms with Gasteiger partial charge in [0.15, 0.2) is 11.5 Å². The highest BCUT2D eigenvalue weighted by molar-refractivity contribution is 6.05. The van der Waals surface area contributed by atoms with E-state index in [4.69, 9.17) is 9.47 Å². The van der Waals surface area contributed by atoms with Crippen molar-refractivity contribution in [3.8, 4) is 17.6 Å². The SMILES string of the molecule is CCOc1cc(C#N)c(NC(=O)c2ccccc2)cc1OCC. The lowest BCUT2D eigenvalue weighted by Gasteiger charge is -2.14. The van der Waals surface area contributed by atoms with Crippen molar-refractivity contribution in [2.45, 2.75) is 13.8 Å². The Kier molecular flexibility index (Phi) is 5.59. The number of nitrogens with zero attached hydrogens (tertiary/aromatic N) is 1. The first-order valence-corrected chi connectivity index (χ1v) is 7.39. The van der Waals surface area contributed by atoms with Crippen molar-refractivity contribution in [1.29, 1.82) is 5.26 Å². The number of amides is 1. The van der Waals surface area contributed by atoms with Crippen LogP contribution in [0.2, 0.25) is 0 Å². The van der Waals surface area contributed by atoms with Gasteiger partial charge in [-0.1, -0.05) is 18.2 Å². The summed E-state index contributed by atoms with van der Waals surface area (Å²) in [5.41, 5.74) is 1.23. The summed E-state index contributed by atoms with van der Waals surface area (Å²) in [6.45, 7) is 4.63. The van der Waals surface area contributed by atoms with Crippen molar-refractivity contribution in [1.82, 2.24) is 0 Å². The molecular weight excluding hydrogens is 292 g/mol. The number of anilines is 1. The third-order valence-corrected chi connectivity index (χ3v) is 3.09. The van der Waals surface area contributed by atoms with Crippen LogP contribution in [0.5, 0.6) is 11.5 Å². The normalized spacial score (nSPS) is 9.78. The molecule has 5 heteroatoms. The number of rotatable bonds is 6. The Balaban J connectivity index is 2.35. The van der Waals surface area contributed by atoms with E-state index >= 15 is 0 Å². The molecule has 0 unspecified atom stereocenters. The van der Waals surface area contributed by atoms with Crippen LogP contribution in [0.1, 0.15) is 29.8 Å². The zero-order valence-electron chi connectivity index (χ0n) is 13.1. The summed E-state index contributed by atoms with van der Waals surface area (Å²) in [4.78, 5) is 12.3. The highest BCUT2D eigenvalue weighted by atomic mass is 16.5. The first-order chi connectivity index (χ1) is 11.2. The van der Waals surface area contributed by atoms with Crippen LogP contribution in [-0.4, -0.2) is 19.1 Å². The van der Waals surface area contributed by atoms with Gasteiger partial charge in [-0.25, -0.2) is 0 Å². The second kappa shape index (κ2) is 7.85. The number of hydrogen-bond donors (Lipinski definition) is 1. The molecule has 23 heavy (non-hydrogen) atoms. The molecule has 118 valence electrons. The van der Waals surface area contributed by atoms with Gasteiger partial charge in [-0.2, -0.15) is 5.26 Å². The minimum absolute atomic E-state index is 0.284. The molecule has 0 saturated heterocycles. The molecule has 1 N–H and O–H groups in total. The average Bonchev–Trinajstić information content (AvgIpc) is 2.58. The van der Waals surface area contributed by atoms with Crippen molar-refractivity contribution in [3.63, 3.8) is 0 Å². The van der Waals surface area contributed by atoms with Crippen LogP contribution in [-0.2, 0) is 0 Å². The fourth-order valence-electron chi connectivity index (χ4n) is 2.08. The van der Waals surface area contributed by atoms with Crippen molar-refractivity contribution < 1.29 is 14.3 Å².